The van der Waals surface area contributed by atoms with E-state index in [9.17, 15) is 0 Å². The molecule has 0 amide bonds. The molecular weight excluding hydrogens is 973 g/mol. The Balaban J connectivity index is 0.000000212. The topological polar surface area (TPSA) is 20.9 Å². The zero-order valence-electron chi connectivity index (χ0n) is 40.0. The van der Waals surface area contributed by atoms with Crippen molar-refractivity contribution in [3.8, 4) is 33.6 Å². The Morgan fingerprint density at radius 2 is 1.28 bits per heavy atom. The third-order valence-corrected chi connectivity index (χ3v) is 14.7. The molecule has 0 aliphatic carbocycles. The largest absolute Gasteiger partial charge is 0.469 e. The molecule has 3 heterocycles. The van der Waals surface area contributed by atoms with Gasteiger partial charge in [-0.25, -0.2) is 0 Å². The van der Waals surface area contributed by atoms with Crippen LogP contribution in [0.4, 0.5) is 0 Å². The maximum Gasteiger partial charge on any atom is 0.134 e. The summed E-state index contributed by atoms with van der Waals surface area (Å²) in [5.74, 6) is 1.04. The summed E-state index contributed by atoms with van der Waals surface area (Å²) >= 11 is 0. The SMILES string of the molecule is [CH2-]c1cc2oc3cc(-c4cc(C)cc(C)c4)ccc3c2cc1-c1cc(C(C)C(C)C)cc[n+]1[CH2-].[CH2-]c1ccc(C(C)(C)C)cc1-c1cc(Cc2ccccc2)c([Si](C)(C)C)c[n+]1[CH2-].[Ir]. The monoisotopic (exact) mass is 1040 g/mol. The van der Waals surface area contributed by atoms with Crippen molar-refractivity contribution in [3.63, 3.8) is 0 Å². The Bertz CT molecular complexity index is 2930. The molecule has 8 aromatic rings. The summed E-state index contributed by atoms with van der Waals surface area (Å²) < 4.78 is 10.3. The van der Waals surface area contributed by atoms with Crippen molar-refractivity contribution in [2.24, 2.45) is 5.92 Å². The van der Waals surface area contributed by atoms with E-state index in [0.717, 1.165) is 56.4 Å². The second-order valence-corrected chi connectivity index (χ2v) is 25.2. The first-order valence-electron chi connectivity index (χ1n) is 22.4. The second kappa shape index (κ2) is 18.9. The van der Waals surface area contributed by atoms with Crippen molar-refractivity contribution in [1.29, 1.82) is 0 Å². The smallest absolute Gasteiger partial charge is 0.134 e. The fourth-order valence-corrected chi connectivity index (χ4v) is 10.3. The van der Waals surface area contributed by atoms with Crippen LogP contribution >= 0.6 is 0 Å². The van der Waals surface area contributed by atoms with Crippen molar-refractivity contribution in [1.82, 2.24) is 0 Å². The number of aryl methyl sites for hydroxylation is 2. The van der Waals surface area contributed by atoms with E-state index in [4.69, 9.17) is 4.42 Å². The first kappa shape index (κ1) is 48.0. The van der Waals surface area contributed by atoms with Crippen LogP contribution < -0.4 is 14.3 Å². The maximum atomic E-state index is 6.31. The Morgan fingerprint density at radius 1 is 0.641 bits per heavy atom. The number of furan rings is 1. The van der Waals surface area contributed by atoms with Gasteiger partial charge in [0.15, 0.2) is 0 Å². The summed E-state index contributed by atoms with van der Waals surface area (Å²) in [6, 6.07) is 41.6. The zero-order valence-corrected chi connectivity index (χ0v) is 43.3. The van der Waals surface area contributed by atoms with Crippen molar-refractivity contribution < 1.29 is 33.7 Å². The van der Waals surface area contributed by atoms with Gasteiger partial charge in [-0.3, -0.25) is 0 Å². The molecule has 0 saturated heterocycles. The van der Waals surface area contributed by atoms with E-state index in [2.05, 4.69) is 235 Å². The zero-order chi connectivity index (χ0) is 45.5. The van der Waals surface area contributed by atoms with Crippen LogP contribution in [0.15, 0.2) is 132 Å². The van der Waals surface area contributed by atoms with Crippen LogP contribution in [-0.4, -0.2) is 8.07 Å². The molecule has 333 valence electrons. The Morgan fingerprint density at radius 3 is 1.92 bits per heavy atom. The minimum atomic E-state index is -1.52. The molecule has 1 radical (unpaired) electrons. The Kier molecular flexibility index (Phi) is 14.2. The van der Waals surface area contributed by atoms with E-state index in [-0.39, 0.29) is 25.5 Å². The fourth-order valence-electron chi connectivity index (χ4n) is 8.65. The van der Waals surface area contributed by atoms with E-state index in [1.807, 2.05) is 4.57 Å². The van der Waals surface area contributed by atoms with Gasteiger partial charge in [-0.05, 0) is 71.5 Å². The molecule has 0 spiro atoms. The van der Waals surface area contributed by atoms with Gasteiger partial charge in [0.05, 0.1) is 37.4 Å². The summed E-state index contributed by atoms with van der Waals surface area (Å²) in [6.07, 6.45) is 5.26. The summed E-state index contributed by atoms with van der Waals surface area (Å²) in [5, 5.41) is 3.69. The van der Waals surface area contributed by atoms with Gasteiger partial charge in [-0.1, -0.05) is 162 Å². The van der Waals surface area contributed by atoms with Crippen LogP contribution in [0.3, 0.4) is 0 Å². The molecule has 0 bridgehead atoms. The molecule has 1 atom stereocenters. The van der Waals surface area contributed by atoms with Crippen LogP contribution in [0.5, 0.6) is 0 Å². The Labute approximate surface area is 399 Å². The van der Waals surface area contributed by atoms with E-state index in [0.29, 0.717) is 11.8 Å². The van der Waals surface area contributed by atoms with Gasteiger partial charge in [-0.15, -0.1) is 35.4 Å². The van der Waals surface area contributed by atoms with Crippen molar-refractivity contribution >= 4 is 35.2 Å². The van der Waals surface area contributed by atoms with Gasteiger partial charge >= 0.3 is 0 Å². The average Bonchev–Trinajstić information content (AvgIpc) is 3.57. The molecule has 5 heteroatoms. The first-order chi connectivity index (χ1) is 29.7. The molecule has 0 aliphatic heterocycles. The quantitative estimate of drug-likeness (QED) is 0.0844. The maximum absolute atomic E-state index is 6.31. The number of benzene rings is 5. The number of hydrogen-bond donors (Lipinski definition) is 0. The van der Waals surface area contributed by atoms with Gasteiger partial charge < -0.3 is 13.6 Å². The van der Waals surface area contributed by atoms with Gasteiger partial charge in [0.2, 0.25) is 0 Å². The Hall–Kier alpha value is -5.45. The summed E-state index contributed by atoms with van der Waals surface area (Å²) in [4.78, 5) is 0. The molecule has 0 aliphatic rings. The van der Waals surface area contributed by atoms with Crippen LogP contribution in [-0.2, 0) is 31.9 Å². The standard InChI is InChI=1S/C32H32NO.C27H34NSi.Ir/c1-19(2)23(6)24-10-11-33(7)30(16-24)28-18-29-27-9-8-25(26-13-20(3)12-21(4)14-26)17-32(27)34-31(29)15-22(28)5;1-20-14-15-23(27(2,3)4)18-24(20)25-17-22(16-21-12-10-9-11-13-21)26(19-28(25)5)29(6,7)8;/h8-19,23H,5,7H2,1-4,6H3;9-15,17-19H,1,5,16H2,2-4,6-8H3;/q2*-1;. The molecule has 1 unspecified atom stereocenters. The number of aromatic nitrogens is 2. The minimum absolute atomic E-state index is 0. The molecule has 3 nitrogen and oxygen atoms in total. The number of rotatable bonds is 8. The summed E-state index contributed by atoms with van der Waals surface area (Å²) in [6.45, 7) is 33.7. The molecule has 3 aromatic heterocycles. The molecule has 0 N–H and O–H groups in total. The van der Waals surface area contributed by atoms with Crippen LogP contribution in [0.25, 0.3) is 55.6 Å². The normalized spacial score (nSPS) is 12.2. The predicted octanol–water partition coefficient (Wildman–Crippen LogP) is 14.3. The fraction of sp³-hybridized carbons (Fsp3) is 0.254. The average molecular weight is 1040 g/mol. The van der Waals surface area contributed by atoms with Crippen LogP contribution in [0.2, 0.25) is 19.6 Å². The van der Waals surface area contributed by atoms with E-state index in [1.54, 1.807) is 0 Å². The molecule has 8 rings (SSSR count). The minimum Gasteiger partial charge on any atom is -0.469 e. The third kappa shape index (κ3) is 10.4. The first-order valence-corrected chi connectivity index (χ1v) is 25.9. The summed E-state index contributed by atoms with van der Waals surface area (Å²) in [7, 11) is 7.08. The van der Waals surface area contributed by atoms with E-state index < -0.39 is 8.07 Å². The molecule has 64 heavy (non-hydrogen) atoms. The predicted molar refractivity (Wildman–Crippen MR) is 271 cm³/mol. The van der Waals surface area contributed by atoms with Gasteiger partial charge in [0, 0.05) is 45.0 Å². The number of fused-ring (bicyclic) bond motifs is 3. The van der Waals surface area contributed by atoms with Crippen molar-refractivity contribution in [2.45, 2.75) is 92.8 Å². The number of pyridine rings is 2. The van der Waals surface area contributed by atoms with Crippen LogP contribution in [0, 0.1) is 47.7 Å². The van der Waals surface area contributed by atoms with Gasteiger partial charge in [0.1, 0.15) is 5.58 Å². The van der Waals surface area contributed by atoms with Crippen LogP contribution in [0.1, 0.15) is 92.0 Å². The molecule has 0 fully saturated rings. The summed E-state index contributed by atoms with van der Waals surface area (Å²) in [5.41, 5.74) is 18.6. The third-order valence-electron chi connectivity index (χ3n) is 12.7. The van der Waals surface area contributed by atoms with Gasteiger partial charge in [-0.2, -0.15) is 31.0 Å². The molecule has 0 saturated carbocycles. The molecule has 5 aromatic carbocycles. The number of hydrogen-bond acceptors (Lipinski definition) is 1. The van der Waals surface area contributed by atoms with E-state index in [1.165, 1.54) is 55.3 Å². The molecular formula is C59H66IrN2OSi-2. The van der Waals surface area contributed by atoms with Crippen molar-refractivity contribution in [2.75, 3.05) is 0 Å². The second-order valence-electron chi connectivity index (χ2n) is 20.1. The van der Waals surface area contributed by atoms with Gasteiger partial charge in [0.25, 0.3) is 0 Å². The van der Waals surface area contributed by atoms with E-state index >= 15 is 0 Å². The van der Waals surface area contributed by atoms with Crippen molar-refractivity contribution in [3.05, 3.63) is 200 Å². The number of nitrogens with zero attached hydrogens (tertiary/aromatic N) is 2.